The van der Waals surface area contributed by atoms with Crippen molar-refractivity contribution >= 4 is 5.96 Å². The third-order valence-electron chi connectivity index (χ3n) is 4.13. The highest BCUT2D eigenvalue weighted by atomic mass is 16.5. The Kier molecular flexibility index (Phi) is 6.49. The number of aliphatic imine (C=N–C) groups is 1. The van der Waals surface area contributed by atoms with Crippen LogP contribution in [0.1, 0.15) is 45.1 Å². The number of hydrogen-bond donors (Lipinski definition) is 2. The molecule has 5 nitrogen and oxygen atoms in total. The SMILES string of the molecule is CCNC(=NCc1ccnc(OC)c1)NC1CCC(C)CC1. The van der Waals surface area contributed by atoms with Crippen molar-refractivity contribution in [3.63, 3.8) is 0 Å². The molecule has 1 heterocycles. The van der Waals surface area contributed by atoms with Crippen molar-refractivity contribution in [1.82, 2.24) is 15.6 Å². The van der Waals surface area contributed by atoms with Crippen molar-refractivity contribution in [3.8, 4) is 5.88 Å². The number of ether oxygens (including phenoxy) is 1. The molecule has 1 aromatic rings. The van der Waals surface area contributed by atoms with E-state index in [1.54, 1.807) is 13.3 Å². The Balaban J connectivity index is 1.94. The van der Waals surface area contributed by atoms with E-state index in [9.17, 15) is 0 Å². The monoisotopic (exact) mass is 304 g/mol. The zero-order valence-corrected chi connectivity index (χ0v) is 13.9. The molecule has 0 saturated heterocycles. The van der Waals surface area contributed by atoms with E-state index in [4.69, 9.17) is 4.74 Å². The van der Waals surface area contributed by atoms with E-state index in [2.05, 4.69) is 34.5 Å². The number of pyridine rings is 1. The summed E-state index contributed by atoms with van der Waals surface area (Å²) in [5.41, 5.74) is 1.10. The lowest BCUT2D eigenvalue weighted by Crippen LogP contribution is -2.44. The van der Waals surface area contributed by atoms with Gasteiger partial charge in [0.2, 0.25) is 5.88 Å². The second-order valence-corrected chi connectivity index (χ2v) is 6.00. The predicted molar refractivity (Wildman–Crippen MR) is 90.2 cm³/mol. The minimum absolute atomic E-state index is 0.543. The maximum absolute atomic E-state index is 5.15. The zero-order chi connectivity index (χ0) is 15.8. The summed E-state index contributed by atoms with van der Waals surface area (Å²) in [6, 6.07) is 4.44. The molecule has 2 rings (SSSR count). The van der Waals surface area contributed by atoms with Crippen molar-refractivity contribution < 1.29 is 4.74 Å². The lowest BCUT2D eigenvalue weighted by molar-refractivity contribution is 0.329. The summed E-state index contributed by atoms with van der Waals surface area (Å²) in [5.74, 6) is 2.40. The van der Waals surface area contributed by atoms with Crippen LogP contribution < -0.4 is 15.4 Å². The first-order valence-electron chi connectivity index (χ1n) is 8.25. The molecule has 0 spiro atoms. The van der Waals surface area contributed by atoms with Gasteiger partial charge in [-0.15, -0.1) is 0 Å². The van der Waals surface area contributed by atoms with E-state index >= 15 is 0 Å². The molecule has 22 heavy (non-hydrogen) atoms. The van der Waals surface area contributed by atoms with Gasteiger partial charge in [-0.2, -0.15) is 0 Å². The fourth-order valence-corrected chi connectivity index (χ4v) is 2.75. The first-order chi connectivity index (χ1) is 10.7. The highest BCUT2D eigenvalue weighted by Crippen LogP contribution is 2.23. The van der Waals surface area contributed by atoms with E-state index in [1.165, 1.54) is 25.7 Å². The first-order valence-corrected chi connectivity index (χ1v) is 8.25. The molecule has 1 fully saturated rings. The second-order valence-electron chi connectivity index (χ2n) is 6.00. The van der Waals surface area contributed by atoms with Crippen LogP contribution in [0.3, 0.4) is 0 Å². The van der Waals surface area contributed by atoms with Gasteiger partial charge in [0.25, 0.3) is 0 Å². The van der Waals surface area contributed by atoms with Gasteiger partial charge in [0.15, 0.2) is 5.96 Å². The lowest BCUT2D eigenvalue weighted by Gasteiger charge is -2.28. The molecule has 1 saturated carbocycles. The van der Waals surface area contributed by atoms with Crippen LogP contribution >= 0.6 is 0 Å². The number of nitrogens with zero attached hydrogens (tertiary/aromatic N) is 2. The molecule has 5 heteroatoms. The smallest absolute Gasteiger partial charge is 0.213 e. The molecule has 0 radical (unpaired) electrons. The average molecular weight is 304 g/mol. The van der Waals surface area contributed by atoms with Crippen molar-refractivity contribution in [2.75, 3.05) is 13.7 Å². The summed E-state index contributed by atoms with van der Waals surface area (Å²) < 4.78 is 5.15. The Hall–Kier alpha value is -1.78. The Morgan fingerprint density at radius 1 is 1.36 bits per heavy atom. The molecular weight excluding hydrogens is 276 g/mol. The van der Waals surface area contributed by atoms with Gasteiger partial charge in [0.1, 0.15) is 0 Å². The summed E-state index contributed by atoms with van der Waals surface area (Å²) >= 11 is 0. The van der Waals surface area contributed by atoms with Crippen LogP contribution in [0.2, 0.25) is 0 Å². The number of methoxy groups -OCH3 is 1. The highest BCUT2D eigenvalue weighted by molar-refractivity contribution is 5.80. The number of rotatable bonds is 5. The van der Waals surface area contributed by atoms with Crippen LogP contribution in [0.25, 0.3) is 0 Å². The third-order valence-corrected chi connectivity index (χ3v) is 4.13. The van der Waals surface area contributed by atoms with Gasteiger partial charge in [-0.05, 0) is 50.2 Å². The number of nitrogens with one attached hydrogen (secondary N) is 2. The normalized spacial score (nSPS) is 22.2. The topological polar surface area (TPSA) is 58.5 Å². The van der Waals surface area contributed by atoms with Crippen LogP contribution in [0.15, 0.2) is 23.3 Å². The van der Waals surface area contributed by atoms with Crippen LogP contribution in [0.4, 0.5) is 0 Å². The summed E-state index contributed by atoms with van der Waals surface area (Å²) in [6.07, 6.45) is 6.83. The first kappa shape index (κ1) is 16.6. The van der Waals surface area contributed by atoms with Crippen molar-refractivity contribution in [1.29, 1.82) is 0 Å². The van der Waals surface area contributed by atoms with Gasteiger partial charge < -0.3 is 15.4 Å². The Bertz CT molecular complexity index is 481. The molecule has 0 aliphatic heterocycles. The van der Waals surface area contributed by atoms with Gasteiger partial charge in [0, 0.05) is 24.8 Å². The van der Waals surface area contributed by atoms with E-state index < -0.39 is 0 Å². The number of aromatic nitrogens is 1. The molecule has 0 atom stereocenters. The molecule has 1 aromatic heterocycles. The second kappa shape index (κ2) is 8.61. The molecule has 1 aliphatic carbocycles. The fourth-order valence-electron chi connectivity index (χ4n) is 2.75. The standard InChI is InChI=1S/C17H28N4O/c1-4-18-17(21-15-7-5-13(2)6-8-15)20-12-14-9-10-19-16(11-14)22-3/h9-11,13,15H,4-8,12H2,1-3H3,(H2,18,20,21). The molecule has 0 bridgehead atoms. The molecule has 1 aliphatic rings. The van der Waals surface area contributed by atoms with Gasteiger partial charge in [-0.1, -0.05) is 6.92 Å². The molecule has 122 valence electrons. The van der Waals surface area contributed by atoms with Gasteiger partial charge >= 0.3 is 0 Å². The minimum Gasteiger partial charge on any atom is -0.481 e. The average Bonchev–Trinajstić information content (AvgIpc) is 2.55. The van der Waals surface area contributed by atoms with Crippen LogP contribution in [0, 0.1) is 5.92 Å². The summed E-state index contributed by atoms with van der Waals surface area (Å²) in [4.78, 5) is 8.80. The largest absolute Gasteiger partial charge is 0.481 e. The van der Waals surface area contributed by atoms with Gasteiger partial charge in [-0.3, -0.25) is 0 Å². The van der Waals surface area contributed by atoms with E-state index in [-0.39, 0.29) is 0 Å². The number of guanidine groups is 1. The van der Waals surface area contributed by atoms with Crippen LogP contribution in [0.5, 0.6) is 5.88 Å². The zero-order valence-electron chi connectivity index (χ0n) is 13.9. The van der Waals surface area contributed by atoms with Crippen molar-refractivity contribution in [3.05, 3.63) is 23.9 Å². The van der Waals surface area contributed by atoms with E-state index in [0.717, 1.165) is 24.0 Å². The van der Waals surface area contributed by atoms with Crippen LogP contribution in [-0.4, -0.2) is 30.6 Å². The fraction of sp³-hybridized carbons (Fsp3) is 0.647. The van der Waals surface area contributed by atoms with Gasteiger partial charge in [0.05, 0.1) is 13.7 Å². The number of hydrogen-bond acceptors (Lipinski definition) is 3. The maximum atomic E-state index is 5.15. The molecule has 0 amide bonds. The summed E-state index contributed by atoms with van der Waals surface area (Å²) in [6.45, 7) is 5.92. The Morgan fingerprint density at radius 2 is 2.14 bits per heavy atom. The quantitative estimate of drug-likeness (QED) is 0.649. The molecule has 0 unspecified atom stereocenters. The Labute approximate surface area is 133 Å². The van der Waals surface area contributed by atoms with Crippen LogP contribution in [-0.2, 0) is 6.54 Å². The predicted octanol–water partition coefficient (Wildman–Crippen LogP) is 2.72. The van der Waals surface area contributed by atoms with E-state index in [0.29, 0.717) is 18.5 Å². The third kappa shape index (κ3) is 5.20. The van der Waals surface area contributed by atoms with Crippen molar-refractivity contribution in [2.24, 2.45) is 10.9 Å². The summed E-state index contributed by atoms with van der Waals surface area (Å²) in [5, 5.41) is 6.90. The molecular formula is C17H28N4O. The molecule has 0 aromatic carbocycles. The summed E-state index contributed by atoms with van der Waals surface area (Å²) in [7, 11) is 1.63. The van der Waals surface area contributed by atoms with Gasteiger partial charge in [-0.25, -0.2) is 9.98 Å². The minimum atomic E-state index is 0.543. The molecule has 2 N–H and O–H groups in total. The highest BCUT2D eigenvalue weighted by Gasteiger charge is 2.18. The van der Waals surface area contributed by atoms with Crippen molar-refractivity contribution in [2.45, 2.75) is 52.1 Å². The Morgan fingerprint density at radius 3 is 2.82 bits per heavy atom. The lowest BCUT2D eigenvalue weighted by atomic mass is 9.87. The maximum Gasteiger partial charge on any atom is 0.213 e. The van der Waals surface area contributed by atoms with E-state index in [1.807, 2.05) is 12.1 Å².